The van der Waals surface area contributed by atoms with E-state index in [1.54, 1.807) is 7.11 Å². The molecule has 0 bridgehead atoms. The van der Waals surface area contributed by atoms with Gasteiger partial charge in [-0.25, -0.2) is 0 Å². The van der Waals surface area contributed by atoms with Crippen molar-refractivity contribution in [1.82, 2.24) is 10.2 Å². The van der Waals surface area contributed by atoms with E-state index in [1.807, 2.05) is 12.1 Å². The van der Waals surface area contributed by atoms with E-state index >= 15 is 0 Å². The topological polar surface area (TPSA) is 24.5 Å². The van der Waals surface area contributed by atoms with E-state index in [0.717, 1.165) is 31.9 Å². The first kappa shape index (κ1) is 12.4. The molecule has 0 radical (unpaired) electrons. The molecule has 1 saturated heterocycles. The van der Waals surface area contributed by atoms with Gasteiger partial charge in [-0.2, -0.15) is 0 Å². The molecule has 1 N–H and O–H groups in total. The van der Waals surface area contributed by atoms with Crippen molar-refractivity contribution in [3.8, 4) is 5.75 Å². The van der Waals surface area contributed by atoms with E-state index in [-0.39, 0.29) is 5.41 Å². The van der Waals surface area contributed by atoms with Crippen molar-refractivity contribution in [2.75, 3.05) is 40.3 Å². The fourth-order valence-electron chi connectivity index (χ4n) is 2.69. The molecule has 0 aromatic heterocycles. The minimum Gasteiger partial charge on any atom is -0.496 e. The van der Waals surface area contributed by atoms with Crippen molar-refractivity contribution in [1.29, 1.82) is 0 Å². The van der Waals surface area contributed by atoms with Crippen LogP contribution >= 0.6 is 0 Å². The predicted molar refractivity (Wildman–Crippen MR) is 70.7 cm³/mol. The van der Waals surface area contributed by atoms with Crippen molar-refractivity contribution in [3.05, 3.63) is 29.8 Å². The third-order valence-corrected chi connectivity index (χ3v) is 3.56. The van der Waals surface area contributed by atoms with Gasteiger partial charge in [0.05, 0.1) is 7.11 Å². The van der Waals surface area contributed by atoms with Gasteiger partial charge in [0.2, 0.25) is 0 Å². The number of ether oxygens (including phenoxy) is 1. The highest BCUT2D eigenvalue weighted by molar-refractivity contribution is 5.40. The maximum atomic E-state index is 5.49. The third kappa shape index (κ3) is 2.61. The number of hydrogen-bond acceptors (Lipinski definition) is 3. The molecule has 94 valence electrons. The summed E-state index contributed by atoms with van der Waals surface area (Å²) in [5.74, 6) is 0.993. The maximum absolute atomic E-state index is 5.49. The summed E-state index contributed by atoms with van der Waals surface area (Å²) in [6.45, 7) is 6.52. The number of nitrogens with one attached hydrogen (secondary N) is 1. The van der Waals surface area contributed by atoms with Crippen molar-refractivity contribution in [2.24, 2.45) is 0 Å². The number of rotatable bonds is 2. The van der Waals surface area contributed by atoms with Crippen molar-refractivity contribution in [2.45, 2.75) is 12.3 Å². The van der Waals surface area contributed by atoms with Gasteiger partial charge in [-0.1, -0.05) is 25.1 Å². The minimum atomic E-state index is 0.109. The number of para-hydroxylation sites is 1. The van der Waals surface area contributed by atoms with E-state index in [1.165, 1.54) is 5.56 Å². The van der Waals surface area contributed by atoms with Crippen LogP contribution < -0.4 is 10.1 Å². The van der Waals surface area contributed by atoms with Crippen molar-refractivity contribution >= 4 is 0 Å². The van der Waals surface area contributed by atoms with E-state index < -0.39 is 0 Å². The first-order chi connectivity index (χ1) is 8.15. The zero-order valence-corrected chi connectivity index (χ0v) is 11.0. The average Bonchev–Trinajstić information content (AvgIpc) is 2.51. The Labute approximate surface area is 104 Å². The van der Waals surface area contributed by atoms with Gasteiger partial charge in [0.25, 0.3) is 0 Å². The van der Waals surface area contributed by atoms with Crippen molar-refractivity contribution in [3.63, 3.8) is 0 Å². The van der Waals surface area contributed by atoms with Crippen LogP contribution in [0.2, 0.25) is 0 Å². The highest BCUT2D eigenvalue weighted by Crippen LogP contribution is 2.32. The summed E-state index contributed by atoms with van der Waals surface area (Å²) in [5, 5.41) is 3.52. The van der Waals surface area contributed by atoms with Crippen LogP contribution in [0.3, 0.4) is 0 Å². The molecule has 1 heterocycles. The van der Waals surface area contributed by atoms with Crippen LogP contribution in [0.15, 0.2) is 24.3 Å². The van der Waals surface area contributed by atoms with Crippen LogP contribution in [0, 0.1) is 0 Å². The summed E-state index contributed by atoms with van der Waals surface area (Å²) in [6.07, 6.45) is 0. The predicted octanol–water partition coefficient (Wildman–Crippen LogP) is 1.49. The number of likely N-dealkylation sites (N-methyl/N-ethyl adjacent to an activating group) is 1. The Hall–Kier alpha value is -1.06. The van der Waals surface area contributed by atoms with E-state index in [4.69, 9.17) is 4.74 Å². The summed E-state index contributed by atoms with van der Waals surface area (Å²) in [7, 11) is 3.93. The van der Waals surface area contributed by atoms with Crippen LogP contribution in [-0.4, -0.2) is 45.2 Å². The Morgan fingerprint density at radius 1 is 1.35 bits per heavy atom. The number of nitrogens with zero attached hydrogens (tertiary/aromatic N) is 1. The Kier molecular flexibility index (Phi) is 3.69. The molecule has 17 heavy (non-hydrogen) atoms. The molecule has 1 aliphatic rings. The molecule has 1 aromatic carbocycles. The fourth-order valence-corrected chi connectivity index (χ4v) is 2.69. The Morgan fingerprint density at radius 2 is 2.12 bits per heavy atom. The lowest BCUT2D eigenvalue weighted by Crippen LogP contribution is -2.40. The summed E-state index contributed by atoms with van der Waals surface area (Å²) < 4.78 is 5.49. The molecule has 3 nitrogen and oxygen atoms in total. The van der Waals surface area contributed by atoms with E-state index in [0.29, 0.717) is 0 Å². The second-order valence-corrected chi connectivity index (χ2v) is 5.18. The third-order valence-electron chi connectivity index (χ3n) is 3.56. The maximum Gasteiger partial charge on any atom is 0.122 e. The van der Waals surface area contributed by atoms with Gasteiger partial charge in [-0.3, -0.25) is 0 Å². The van der Waals surface area contributed by atoms with Crippen molar-refractivity contribution < 1.29 is 4.74 Å². The lowest BCUT2D eigenvalue weighted by atomic mass is 9.81. The Morgan fingerprint density at radius 3 is 2.88 bits per heavy atom. The molecular weight excluding hydrogens is 212 g/mol. The molecule has 1 aromatic rings. The number of hydrogen-bond donors (Lipinski definition) is 1. The Balaban J connectivity index is 2.34. The van der Waals surface area contributed by atoms with Gasteiger partial charge in [-0.15, -0.1) is 0 Å². The zero-order valence-electron chi connectivity index (χ0n) is 11.0. The molecule has 0 amide bonds. The largest absolute Gasteiger partial charge is 0.496 e. The lowest BCUT2D eigenvalue weighted by molar-refractivity contribution is 0.283. The molecular formula is C14H22N2O. The zero-order chi connectivity index (χ0) is 12.3. The van der Waals surface area contributed by atoms with E-state index in [9.17, 15) is 0 Å². The van der Waals surface area contributed by atoms with Crippen LogP contribution in [-0.2, 0) is 5.41 Å². The molecule has 0 spiro atoms. The number of methoxy groups -OCH3 is 1. The minimum absolute atomic E-state index is 0.109. The van der Waals surface area contributed by atoms with Gasteiger partial charge in [0.1, 0.15) is 5.75 Å². The smallest absolute Gasteiger partial charge is 0.122 e. The van der Waals surface area contributed by atoms with Gasteiger partial charge >= 0.3 is 0 Å². The second kappa shape index (κ2) is 5.07. The van der Waals surface area contributed by atoms with E-state index in [2.05, 4.69) is 36.3 Å². The van der Waals surface area contributed by atoms with Crippen LogP contribution in [0.5, 0.6) is 5.75 Å². The molecule has 3 heteroatoms. The van der Waals surface area contributed by atoms with Crippen LogP contribution in [0.1, 0.15) is 12.5 Å². The molecule has 0 saturated carbocycles. The van der Waals surface area contributed by atoms with Gasteiger partial charge in [0, 0.05) is 37.2 Å². The summed E-state index contributed by atoms with van der Waals surface area (Å²) in [6, 6.07) is 8.35. The summed E-state index contributed by atoms with van der Waals surface area (Å²) >= 11 is 0. The quantitative estimate of drug-likeness (QED) is 0.839. The van der Waals surface area contributed by atoms with Crippen LogP contribution in [0.25, 0.3) is 0 Å². The molecule has 1 atom stereocenters. The van der Waals surface area contributed by atoms with Gasteiger partial charge in [-0.05, 0) is 13.1 Å². The van der Waals surface area contributed by atoms with Gasteiger partial charge < -0.3 is 15.0 Å². The molecule has 1 fully saturated rings. The normalized spacial score (nSPS) is 26.5. The first-order valence-electron chi connectivity index (χ1n) is 6.18. The summed E-state index contributed by atoms with van der Waals surface area (Å²) in [5.41, 5.74) is 1.40. The average molecular weight is 234 g/mol. The summed E-state index contributed by atoms with van der Waals surface area (Å²) in [4.78, 5) is 2.38. The molecule has 1 unspecified atom stereocenters. The first-order valence-corrected chi connectivity index (χ1v) is 6.18. The fraction of sp³-hybridized carbons (Fsp3) is 0.571. The van der Waals surface area contributed by atoms with Gasteiger partial charge in [0.15, 0.2) is 0 Å². The molecule has 2 rings (SSSR count). The second-order valence-electron chi connectivity index (χ2n) is 5.18. The highest BCUT2D eigenvalue weighted by Gasteiger charge is 2.32. The lowest BCUT2D eigenvalue weighted by Gasteiger charge is -2.32. The monoisotopic (exact) mass is 234 g/mol. The standard InChI is InChI=1S/C14H22N2O/c1-14(10-15-8-9-16(2)11-14)12-6-4-5-7-13(12)17-3/h4-7,15H,8-11H2,1-3H3. The van der Waals surface area contributed by atoms with Crippen LogP contribution in [0.4, 0.5) is 0 Å². The SMILES string of the molecule is COc1ccccc1C1(C)CNCCN(C)C1. The molecule has 0 aliphatic carbocycles. The Bertz CT molecular complexity index is 380. The highest BCUT2D eigenvalue weighted by atomic mass is 16.5. The molecule has 1 aliphatic heterocycles. The number of benzene rings is 1.